The van der Waals surface area contributed by atoms with E-state index < -0.39 is 23.9 Å². The van der Waals surface area contributed by atoms with Crippen molar-refractivity contribution in [2.75, 3.05) is 29.9 Å². The van der Waals surface area contributed by atoms with Gasteiger partial charge in [0.2, 0.25) is 5.43 Å². The number of hydrogen-bond donors (Lipinski definition) is 1. The lowest BCUT2D eigenvalue weighted by Crippen LogP contribution is -2.29. The fourth-order valence-electron chi connectivity index (χ4n) is 4.06. The van der Waals surface area contributed by atoms with E-state index in [-0.39, 0.29) is 5.56 Å². The number of rotatable bonds is 6. The van der Waals surface area contributed by atoms with Crippen LogP contribution in [0.2, 0.25) is 0 Å². The van der Waals surface area contributed by atoms with Gasteiger partial charge in [0.05, 0.1) is 5.39 Å². The van der Waals surface area contributed by atoms with Crippen LogP contribution in [0.5, 0.6) is 0 Å². The summed E-state index contributed by atoms with van der Waals surface area (Å²) in [5.41, 5.74) is 2.48. The van der Waals surface area contributed by atoms with Gasteiger partial charge in [-0.25, -0.2) is 9.78 Å². The Morgan fingerprint density at radius 2 is 1.79 bits per heavy atom. The van der Waals surface area contributed by atoms with Gasteiger partial charge in [-0.1, -0.05) is 0 Å². The molecule has 172 valence electrons. The van der Waals surface area contributed by atoms with Crippen molar-refractivity contribution in [2.24, 2.45) is 0 Å². The Morgan fingerprint density at radius 1 is 1.06 bits per heavy atom. The number of nitrogens with zero attached hydrogens (tertiary/aromatic N) is 3. The van der Waals surface area contributed by atoms with Crippen LogP contribution in [0.3, 0.4) is 0 Å². The molecule has 0 spiro atoms. The maximum atomic E-state index is 12.8. The minimum Gasteiger partial charge on any atom is -0.452 e. The van der Waals surface area contributed by atoms with Crippen LogP contribution in [-0.4, -0.2) is 41.1 Å². The van der Waals surface area contributed by atoms with Gasteiger partial charge in [0, 0.05) is 42.9 Å². The molecule has 1 amide bonds. The molecular weight excluding hydrogens is 420 g/mol. The molecule has 0 unspecified atom stereocenters. The third-order valence-corrected chi connectivity index (χ3v) is 5.83. The largest absolute Gasteiger partial charge is 0.452 e. The number of pyridine rings is 2. The Hall–Kier alpha value is -3.68. The van der Waals surface area contributed by atoms with Crippen molar-refractivity contribution in [1.29, 1.82) is 0 Å². The number of nitrogens with one attached hydrogen (secondary N) is 1. The van der Waals surface area contributed by atoms with Crippen LogP contribution in [-0.2, 0) is 16.1 Å². The lowest BCUT2D eigenvalue weighted by molar-refractivity contribution is -0.119. The summed E-state index contributed by atoms with van der Waals surface area (Å²) in [7, 11) is 0. The molecule has 33 heavy (non-hydrogen) atoms. The second kappa shape index (κ2) is 9.85. The highest BCUT2D eigenvalue weighted by Crippen LogP contribution is 2.21. The van der Waals surface area contributed by atoms with E-state index in [1.54, 1.807) is 16.7 Å². The molecule has 0 saturated carbocycles. The number of anilines is 2. The van der Waals surface area contributed by atoms with Gasteiger partial charge in [-0.05, 0) is 69.5 Å². The third-order valence-electron chi connectivity index (χ3n) is 5.83. The quantitative estimate of drug-likeness (QED) is 0.580. The van der Waals surface area contributed by atoms with Crippen molar-refractivity contribution in [3.63, 3.8) is 0 Å². The molecule has 1 fully saturated rings. The van der Waals surface area contributed by atoms with Gasteiger partial charge in [-0.2, -0.15) is 0 Å². The molecule has 3 aromatic rings. The molecule has 4 rings (SSSR count). The van der Waals surface area contributed by atoms with E-state index in [0.29, 0.717) is 23.3 Å². The van der Waals surface area contributed by atoms with Crippen LogP contribution in [0.25, 0.3) is 11.0 Å². The van der Waals surface area contributed by atoms with Crippen LogP contribution in [0.1, 0.15) is 42.2 Å². The average molecular weight is 449 g/mol. The molecule has 2 aromatic heterocycles. The van der Waals surface area contributed by atoms with E-state index in [2.05, 4.69) is 15.2 Å². The number of esters is 1. The van der Waals surface area contributed by atoms with E-state index >= 15 is 0 Å². The number of amides is 1. The average Bonchev–Trinajstić information content (AvgIpc) is 2.84. The topological polar surface area (TPSA) is 93.5 Å². The van der Waals surface area contributed by atoms with Crippen molar-refractivity contribution in [3.8, 4) is 0 Å². The van der Waals surface area contributed by atoms with Crippen molar-refractivity contribution in [2.45, 2.75) is 39.7 Å². The molecule has 3 heterocycles. The van der Waals surface area contributed by atoms with E-state index in [0.717, 1.165) is 24.5 Å². The summed E-state index contributed by atoms with van der Waals surface area (Å²) in [5.74, 6) is -1.30. The van der Waals surface area contributed by atoms with Crippen LogP contribution < -0.4 is 15.6 Å². The zero-order valence-electron chi connectivity index (χ0n) is 19.0. The number of piperidine rings is 1. The number of ether oxygens (including phenoxy) is 1. The summed E-state index contributed by atoms with van der Waals surface area (Å²) in [4.78, 5) is 44.4. The Balaban J connectivity index is 1.40. The highest BCUT2D eigenvalue weighted by Gasteiger charge is 2.18. The molecule has 8 nitrogen and oxygen atoms in total. The molecule has 1 aliphatic heterocycles. The standard InChI is InChI=1S/C25H28N4O4/c1-3-28-15-21(23(31)20-12-7-17(2)26-24(20)28)25(32)33-16-22(30)27-18-8-10-19(11-9-18)29-13-5-4-6-14-29/h7-12,15H,3-6,13-14,16H2,1-2H3,(H,27,30). The number of aromatic nitrogens is 2. The van der Waals surface area contributed by atoms with Gasteiger partial charge in [0.25, 0.3) is 5.91 Å². The molecule has 1 N–H and O–H groups in total. The number of carbonyl (C=O) groups is 2. The molecule has 1 saturated heterocycles. The first-order valence-electron chi connectivity index (χ1n) is 11.3. The summed E-state index contributed by atoms with van der Waals surface area (Å²) >= 11 is 0. The fourth-order valence-corrected chi connectivity index (χ4v) is 4.06. The molecule has 1 aromatic carbocycles. The molecule has 0 aliphatic carbocycles. The number of fused-ring (bicyclic) bond motifs is 1. The number of hydrogen-bond acceptors (Lipinski definition) is 6. The summed E-state index contributed by atoms with van der Waals surface area (Å²) in [6.07, 6.45) is 5.10. The molecule has 0 radical (unpaired) electrons. The highest BCUT2D eigenvalue weighted by atomic mass is 16.5. The number of carbonyl (C=O) groups excluding carboxylic acids is 2. The van der Waals surface area contributed by atoms with Gasteiger partial charge in [0.15, 0.2) is 6.61 Å². The third kappa shape index (κ3) is 5.05. The van der Waals surface area contributed by atoms with E-state index in [9.17, 15) is 14.4 Å². The first-order chi connectivity index (χ1) is 16.0. The van der Waals surface area contributed by atoms with Gasteiger partial charge in [0.1, 0.15) is 11.2 Å². The molecular formula is C25H28N4O4. The van der Waals surface area contributed by atoms with E-state index in [1.165, 1.54) is 25.5 Å². The molecule has 0 bridgehead atoms. The van der Waals surface area contributed by atoms with Crippen molar-refractivity contribution in [3.05, 3.63) is 64.1 Å². The van der Waals surface area contributed by atoms with E-state index in [4.69, 9.17) is 4.74 Å². The van der Waals surface area contributed by atoms with Crippen molar-refractivity contribution in [1.82, 2.24) is 9.55 Å². The Morgan fingerprint density at radius 3 is 2.48 bits per heavy atom. The van der Waals surface area contributed by atoms with Crippen LogP contribution in [0.15, 0.2) is 47.4 Å². The summed E-state index contributed by atoms with van der Waals surface area (Å²) in [6, 6.07) is 11.0. The maximum absolute atomic E-state index is 12.8. The zero-order chi connectivity index (χ0) is 23.4. The predicted octanol–water partition coefficient (Wildman–Crippen LogP) is 3.51. The van der Waals surface area contributed by atoms with Gasteiger partial charge < -0.3 is 19.5 Å². The SMILES string of the molecule is CCn1cc(C(=O)OCC(=O)Nc2ccc(N3CCCCC3)cc2)c(=O)c2ccc(C)nc21. The Labute approximate surface area is 192 Å². The lowest BCUT2D eigenvalue weighted by atomic mass is 10.1. The Bertz CT molecular complexity index is 1230. The second-order valence-electron chi connectivity index (χ2n) is 8.20. The first-order valence-corrected chi connectivity index (χ1v) is 11.3. The minimum absolute atomic E-state index is 0.117. The summed E-state index contributed by atoms with van der Waals surface area (Å²) in [6.45, 7) is 5.88. The summed E-state index contributed by atoms with van der Waals surface area (Å²) in [5, 5.41) is 3.07. The number of benzene rings is 1. The Kier molecular flexibility index (Phi) is 6.72. The summed E-state index contributed by atoms with van der Waals surface area (Å²) < 4.78 is 6.87. The first kappa shape index (κ1) is 22.5. The van der Waals surface area contributed by atoms with Crippen molar-refractivity contribution < 1.29 is 14.3 Å². The molecule has 8 heteroatoms. The monoisotopic (exact) mass is 448 g/mol. The second-order valence-corrected chi connectivity index (χ2v) is 8.20. The lowest BCUT2D eigenvalue weighted by Gasteiger charge is -2.28. The predicted molar refractivity (Wildman–Crippen MR) is 128 cm³/mol. The minimum atomic E-state index is -0.833. The van der Waals surface area contributed by atoms with Crippen LogP contribution in [0, 0.1) is 6.92 Å². The highest BCUT2D eigenvalue weighted by molar-refractivity contribution is 5.97. The number of aryl methyl sites for hydroxylation is 2. The smallest absolute Gasteiger partial charge is 0.344 e. The van der Waals surface area contributed by atoms with Crippen molar-refractivity contribution >= 4 is 34.3 Å². The fraction of sp³-hybridized carbons (Fsp3) is 0.360. The van der Waals surface area contributed by atoms with E-state index in [1.807, 2.05) is 38.1 Å². The molecule has 0 atom stereocenters. The normalized spacial score (nSPS) is 13.7. The maximum Gasteiger partial charge on any atom is 0.344 e. The van der Waals surface area contributed by atoms with Gasteiger partial charge in [-0.15, -0.1) is 0 Å². The van der Waals surface area contributed by atoms with Gasteiger partial charge >= 0.3 is 5.97 Å². The zero-order valence-corrected chi connectivity index (χ0v) is 19.0. The molecule has 1 aliphatic rings. The van der Waals surface area contributed by atoms with Gasteiger partial charge in [-0.3, -0.25) is 9.59 Å². The van der Waals surface area contributed by atoms with Crippen LogP contribution >= 0.6 is 0 Å². The van der Waals surface area contributed by atoms with Crippen LogP contribution in [0.4, 0.5) is 11.4 Å².